The maximum Gasteiger partial charge on any atom is 0.267 e. The number of aryl methyl sites for hydroxylation is 1. The van der Waals surface area contributed by atoms with Gasteiger partial charge in [0, 0.05) is 29.3 Å². The second kappa shape index (κ2) is 6.11. The summed E-state index contributed by atoms with van der Waals surface area (Å²) in [5.74, 6) is -0.107. The Morgan fingerprint density at radius 1 is 1.17 bits per heavy atom. The number of rotatable bonds is 3. The Labute approximate surface area is 142 Å². The molecule has 2 heterocycles. The molecule has 0 aliphatic heterocycles. The van der Waals surface area contributed by atoms with Gasteiger partial charge in [0.1, 0.15) is 5.69 Å². The Bertz CT molecular complexity index is 870. The van der Waals surface area contributed by atoms with Crippen molar-refractivity contribution in [1.29, 1.82) is 0 Å². The minimum absolute atomic E-state index is 0.0835. The van der Waals surface area contributed by atoms with Crippen molar-refractivity contribution >= 4 is 16.8 Å². The zero-order valence-electron chi connectivity index (χ0n) is 14.6. The van der Waals surface area contributed by atoms with Crippen LogP contribution in [0.3, 0.4) is 0 Å². The van der Waals surface area contributed by atoms with E-state index >= 15 is 0 Å². The summed E-state index contributed by atoms with van der Waals surface area (Å²) in [5, 5.41) is 3.98. The molecule has 0 bridgehead atoms. The first-order valence-electron chi connectivity index (χ1n) is 8.16. The summed E-state index contributed by atoms with van der Waals surface area (Å²) >= 11 is 0. The fourth-order valence-electron chi connectivity index (χ4n) is 2.60. The summed E-state index contributed by atoms with van der Waals surface area (Å²) < 4.78 is 0. The summed E-state index contributed by atoms with van der Waals surface area (Å²) in [4.78, 5) is 19.8. The molecule has 0 atom stereocenters. The van der Waals surface area contributed by atoms with Gasteiger partial charge in [-0.1, -0.05) is 39.0 Å². The van der Waals surface area contributed by atoms with Gasteiger partial charge >= 0.3 is 0 Å². The van der Waals surface area contributed by atoms with Gasteiger partial charge in [0.2, 0.25) is 0 Å². The van der Waals surface area contributed by atoms with Crippen LogP contribution in [-0.4, -0.2) is 15.9 Å². The van der Waals surface area contributed by atoms with Crippen LogP contribution in [0.25, 0.3) is 10.9 Å². The highest BCUT2D eigenvalue weighted by Crippen LogP contribution is 2.26. The molecule has 0 fully saturated rings. The van der Waals surface area contributed by atoms with E-state index in [0.717, 1.165) is 22.2 Å². The lowest BCUT2D eigenvalue weighted by Crippen LogP contribution is -2.23. The summed E-state index contributed by atoms with van der Waals surface area (Å²) in [6.07, 6.45) is 1.79. The van der Waals surface area contributed by atoms with Gasteiger partial charge in [-0.25, -0.2) is 0 Å². The number of pyridine rings is 1. The fourth-order valence-corrected chi connectivity index (χ4v) is 2.60. The smallest absolute Gasteiger partial charge is 0.267 e. The monoisotopic (exact) mass is 321 g/mol. The van der Waals surface area contributed by atoms with E-state index in [0.29, 0.717) is 12.2 Å². The number of amides is 1. The van der Waals surface area contributed by atoms with Crippen LogP contribution < -0.4 is 5.32 Å². The van der Waals surface area contributed by atoms with Gasteiger partial charge in [0.05, 0.1) is 0 Å². The molecular formula is C20H23N3O. The maximum absolute atomic E-state index is 12.4. The first-order valence-corrected chi connectivity index (χ1v) is 8.16. The number of H-pyrrole nitrogens is 1. The number of aromatic nitrogens is 2. The van der Waals surface area contributed by atoms with Crippen LogP contribution in [0.2, 0.25) is 0 Å². The number of fused-ring (bicyclic) bond motifs is 1. The molecule has 0 saturated carbocycles. The Morgan fingerprint density at radius 2 is 1.96 bits per heavy atom. The van der Waals surface area contributed by atoms with Crippen molar-refractivity contribution in [1.82, 2.24) is 15.3 Å². The van der Waals surface area contributed by atoms with Crippen molar-refractivity contribution in [2.45, 2.75) is 39.7 Å². The standard InChI is InChI=1S/C20H23N3O/c1-13-5-6-14(11-21-13)12-22-19(24)18-9-15-7-8-16(20(2,3)4)10-17(15)23-18/h5-11,23H,12H2,1-4H3,(H,22,24). The van der Waals surface area contributed by atoms with Crippen LogP contribution in [0, 0.1) is 6.92 Å². The molecule has 3 rings (SSSR count). The van der Waals surface area contributed by atoms with Crippen LogP contribution in [0.1, 0.15) is 48.1 Å². The number of aromatic amines is 1. The molecule has 0 saturated heterocycles. The zero-order valence-corrected chi connectivity index (χ0v) is 14.6. The third kappa shape index (κ3) is 3.48. The van der Waals surface area contributed by atoms with E-state index in [1.807, 2.05) is 25.1 Å². The molecule has 2 N–H and O–H groups in total. The largest absolute Gasteiger partial charge is 0.351 e. The molecule has 0 aliphatic carbocycles. The molecule has 0 spiro atoms. The number of nitrogens with one attached hydrogen (secondary N) is 2. The van der Waals surface area contributed by atoms with Crippen molar-refractivity contribution in [3.63, 3.8) is 0 Å². The van der Waals surface area contributed by atoms with Gasteiger partial charge in [-0.3, -0.25) is 9.78 Å². The quantitative estimate of drug-likeness (QED) is 0.763. The van der Waals surface area contributed by atoms with E-state index in [1.54, 1.807) is 6.20 Å². The lowest BCUT2D eigenvalue weighted by atomic mass is 9.87. The predicted octanol–water partition coefficient (Wildman–Crippen LogP) is 4.10. The Balaban J connectivity index is 1.76. The third-order valence-corrected chi connectivity index (χ3v) is 4.16. The number of carbonyl (C=O) groups is 1. The van der Waals surface area contributed by atoms with Crippen LogP contribution in [0.5, 0.6) is 0 Å². The molecule has 4 heteroatoms. The van der Waals surface area contributed by atoms with E-state index in [2.05, 4.69) is 54.3 Å². The summed E-state index contributed by atoms with van der Waals surface area (Å²) in [5.41, 5.74) is 4.85. The Kier molecular flexibility index (Phi) is 4.14. The highest BCUT2D eigenvalue weighted by atomic mass is 16.1. The second-order valence-electron chi connectivity index (χ2n) is 7.23. The Hall–Kier alpha value is -2.62. The number of nitrogens with zero attached hydrogens (tertiary/aromatic N) is 1. The molecule has 0 radical (unpaired) electrons. The Morgan fingerprint density at radius 3 is 2.62 bits per heavy atom. The van der Waals surface area contributed by atoms with E-state index in [9.17, 15) is 4.79 Å². The summed E-state index contributed by atoms with van der Waals surface area (Å²) in [7, 11) is 0. The average molecular weight is 321 g/mol. The molecule has 0 aliphatic rings. The topological polar surface area (TPSA) is 57.8 Å². The lowest BCUT2D eigenvalue weighted by molar-refractivity contribution is 0.0946. The van der Waals surface area contributed by atoms with Gasteiger partial charge in [-0.15, -0.1) is 0 Å². The predicted molar refractivity (Wildman–Crippen MR) is 97.1 cm³/mol. The van der Waals surface area contributed by atoms with Crippen molar-refractivity contribution in [2.75, 3.05) is 0 Å². The van der Waals surface area contributed by atoms with Gasteiger partial charge in [-0.2, -0.15) is 0 Å². The lowest BCUT2D eigenvalue weighted by Gasteiger charge is -2.18. The minimum atomic E-state index is -0.107. The highest BCUT2D eigenvalue weighted by molar-refractivity contribution is 5.98. The van der Waals surface area contributed by atoms with Gasteiger partial charge in [-0.05, 0) is 41.7 Å². The maximum atomic E-state index is 12.4. The molecule has 0 unspecified atom stereocenters. The van der Waals surface area contributed by atoms with Crippen molar-refractivity contribution in [3.8, 4) is 0 Å². The first kappa shape index (κ1) is 16.2. The molecule has 4 nitrogen and oxygen atoms in total. The van der Waals surface area contributed by atoms with Crippen molar-refractivity contribution < 1.29 is 4.79 Å². The zero-order chi connectivity index (χ0) is 17.3. The van der Waals surface area contributed by atoms with E-state index in [4.69, 9.17) is 0 Å². The number of hydrogen-bond acceptors (Lipinski definition) is 2. The van der Waals surface area contributed by atoms with Crippen molar-refractivity contribution in [3.05, 3.63) is 65.1 Å². The van der Waals surface area contributed by atoms with E-state index < -0.39 is 0 Å². The minimum Gasteiger partial charge on any atom is -0.351 e. The molecule has 1 aromatic carbocycles. The SMILES string of the molecule is Cc1ccc(CNC(=O)c2cc3ccc(C(C)(C)C)cc3[nH]2)cn1. The molecule has 3 aromatic rings. The molecular weight excluding hydrogens is 298 g/mol. The van der Waals surface area contributed by atoms with Gasteiger partial charge in [0.25, 0.3) is 5.91 Å². The van der Waals surface area contributed by atoms with Crippen LogP contribution >= 0.6 is 0 Å². The summed E-state index contributed by atoms with van der Waals surface area (Å²) in [6, 6.07) is 12.1. The molecule has 124 valence electrons. The normalized spacial score (nSPS) is 11.7. The first-order chi connectivity index (χ1) is 11.3. The van der Waals surface area contributed by atoms with Crippen LogP contribution in [-0.2, 0) is 12.0 Å². The van der Waals surface area contributed by atoms with E-state index in [1.165, 1.54) is 5.56 Å². The van der Waals surface area contributed by atoms with Crippen LogP contribution in [0.15, 0.2) is 42.6 Å². The molecule has 24 heavy (non-hydrogen) atoms. The number of benzene rings is 1. The number of hydrogen-bond donors (Lipinski definition) is 2. The highest BCUT2D eigenvalue weighted by Gasteiger charge is 2.15. The third-order valence-electron chi connectivity index (χ3n) is 4.16. The van der Waals surface area contributed by atoms with E-state index in [-0.39, 0.29) is 11.3 Å². The molecule has 1 amide bonds. The fraction of sp³-hybridized carbons (Fsp3) is 0.300. The molecule has 2 aromatic heterocycles. The van der Waals surface area contributed by atoms with Gasteiger partial charge in [0.15, 0.2) is 0 Å². The number of carbonyl (C=O) groups excluding carboxylic acids is 1. The second-order valence-corrected chi connectivity index (χ2v) is 7.23. The summed E-state index contributed by atoms with van der Waals surface area (Å²) in [6.45, 7) is 8.95. The average Bonchev–Trinajstić information content (AvgIpc) is 2.96. The van der Waals surface area contributed by atoms with Gasteiger partial charge < -0.3 is 10.3 Å². The van der Waals surface area contributed by atoms with Crippen molar-refractivity contribution in [2.24, 2.45) is 0 Å². The van der Waals surface area contributed by atoms with Crippen LogP contribution in [0.4, 0.5) is 0 Å².